The van der Waals surface area contributed by atoms with Gasteiger partial charge in [0.15, 0.2) is 5.13 Å². The average Bonchev–Trinajstić information content (AvgIpc) is 2.73. The minimum absolute atomic E-state index is 0.0537. The number of para-hydroxylation sites is 1. The summed E-state index contributed by atoms with van der Waals surface area (Å²) >= 11 is 1.58. The molecule has 2 aromatic rings. The molecule has 0 atom stereocenters. The van der Waals surface area contributed by atoms with Crippen LogP contribution in [0.5, 0.6) is 0 Å². The zero-order chi connectivity index (χ0) is 14.0. The molecule has 5 heteroatoms. The molecule has 0 aliphatic carbocycles. The van der Waals surface area contributed by atoms with Crippen LogP contribution in [0.1, 0.15) is 12.5 Å². The fourth-order valence-corrected chi connectivity index (χ4v) is 3.03. The van der Waals surface area contributed by atoms with Crippen molar-refractivity contribution in [1.29, 1.82) is 0 Å². The molecule has 19 heavy (non-hydrogen) atoms. The smallest absolute Gasteiger partial charge is 0.225 e. The number of aryl methyl sites for hydroxylation is 1. The second-order valence-electron chi connectivity index (χ2n) is 5.05. The topological polar surface area (TPSA) is 37.6 Å². The van der Waals surface area contributed by atoms with Crippen LogP contribution in [0.2, 0.25) is 0 Å². The van der Waals surface area contributed by atoms with Gasteiger partial charge in [-0.3, -0.25) is 9.69 Å². The Labute approximate surface area is 117 Å². The van der Waals surface area contributed by atoms with Crippen molar-refractivity contribution in [2.24, 2.45) is 0 Å². The molecule has 102 valence electrons. The molecule has 0 spiro atoms. The summed E-state index contributed by atoms with van der Waals surface area (Å²) in [6, 6.07) is 6.13. The Kier molecular flexibility index (Phi) is 4.17. The predicted octanol–water partition coefficient (Wildman–Crippen LogP) is 1.10. The van der Waals surface area contributed by atoms with Crippen molar-refractivity contribution in [2.45, 2.75) is 13.8 Å². The van der Waals surface area contributed by atoms with Crippen molar-refractivity contribution in [3.63, 3.8) is 0 Å². The number of quaternary nitrogens is 1. The molecule has 1 heterocycles. The Morgan fingerprint density at radius 1 is 1.42 bits per heavy atom. The van der Waals surface area contributed by atoms with Crippen LogP contribution >= 0.6 is 11.3 Å². The van der Waals surface area contributed by atoms with E-state index in [1.54, 1.807) is 23.2 Å². The molecule has 0 fully saturated rings. The monoisotopic (exact) mass is 278 g/mol. The first-order valence-corrected chi connectivity index (χ1v) is 7.24. The molecular weight excluding hydrogens is 258 g/mol. The number of hydrogen-bond acceptors (Lipinski definition) is 3. The lowest BCUT2D eigenvalue weighted by atomic mass is 10.2. The third kappa shape index (κ3) is 3.11. The van der Waals surface area contributed by atoms with Crippen LogP contribution < -0.4 is 9.80 Å². The summed E-state index contributed by atoms with van der Waals surface area (Å²) in [6.07, 6.45) is 0. The van der Waals surface area contributed by atoms with Gasteiger partial charge in [-0.2, -0.15) is 0 Å². The van der Waals surface area contributed by atoms with E-state index >= 15 is 0 Å². The first-order valence-electron chi connectivity index (χ1n) is 6.42. The van der Waals surface area contributed by atoms with Gasteiger partial charge in [0.05, 0.1) is 37.4 Å². The lowest BCUT2D eigenvalue weighted by Gasteiger charge is -2.18. The fourth-order valence-electron chi connectivity index (χ4n) is 1.91. The number of fused-ring (bicyclic) bond motifs is 1. The molecule has 1 N–H and O–H groups in total. The second-order valence-corrected chi connectivity index (χ2v) is 6.05. The number of thiazole rings is 1. The number of nitrogens with zero attached hydrogens (tertiary/aromatic N) is 2. The molecule has 0 saturated heterocycles. The molecule has 0 saturated carbocycles. The maximum Gasteiger partial charge on any atom is 0.225 e. The second kappa shape index (κ2) is 5.67. The fraction of sp³-hybridized carbons (Fsp3) is 0.429. The van der Waals surface area contributed by atoms with E-state index in [0.717, 1.165) is 27.5 Å². The number of hydrogen-bond donors (Lipinski definition) is 1. The molecule has 0 bridgehead atoms. The Hall–Kier alpha value is -1.46. The maximum atomic E-state index is 11.8. The Morgan fingerprint density at radius 2 is 2.16 bits per heavy atom. The van der Waals surface area contributed by atoms with Crippen LogP contribution in [0.4, 0.5) is 5.13 Å². The van der Waals surface area contributed by atoms with E-state index < -0.39 is 0 Å². The molecule has 0 aliphatic heterocycles. The van der Waals surface area contributed by atoms with E-state index in [1.165, 1.54) is 4.90 Å². The van der Waals surface area contributed by atoms with Crippen molar-refractivity contribution in [1.82, 2.24) is 4.98 Å². The van der Waals surface area contributed by atoms with Crippen LogP contribution in [0.25, 0.3) is 10.2 Å². The van der Waals surface area contributed by atoms with Gasteiger partial charge >= 0.3 is 0 Å². The van der Waals surface area contributed by atoms with Gasteiger partial charge in [0, 0.05) is 6.92 Å². The number of amides is 1. The zero-order valence-electron chi connectivity index (χ0n) is 11.9. The largest absolute Gasteiger partial charge is 0.338 e. The summed E-state index contributed by atoms with van der Waals surface area (Å²) in [6.45, 7) is 5.27. The summed E-state index contributed by atoms with van der Waals surface area (Å²) in [7, 11) is 4.17. The standard InChI is InChI=1S/C14H19N3OS/c1-10-6-5-7-12-13(10)15-14(19-12)17(11(2)18)9-8-16(3)4/h5-7H,8-9H2,1-4H3/p+1. The molecule has 0 radical (unpaired) electrons. The van der Waals surface area contributed by atoms with Gasteiger partial charge in [-0.05, 0) is 18.6 Å². The molecular formula is C14H20N3OS+. The van der Waals surface area contributed by atoms with Crippen molar-refractivity contribution in [2.75, 3.05) is 32.1 Å². The number of rotatable bonds is 4. The van der Waals surface area contributed by atoms with Crippen molar-refractivity contribution >= 4 is 32.6 Å². The van der Waals surface area contributed by atoms with Crippen molar-refractivity contribution in [3.8, 4) is 0 Å². The zero-order valence-corrected chi connectivity index (χ0v) is 12.7. The quantitative estimate of drug-likeness (QED) is 0.909. The number of carbonyl (C=O) groups excluding carboxylic acids is 1. The molecule has 2 rings (SSSR count). The lowest BCUT2D eigenvalue weighted by molar-refractivity contribution is -0.856. The molecule has 1 aromatic carbocycles. The van der Waals surface area contributed by atoms with Crippen molar-refractivity contribution in [3.05, 3.63) is 23.8 Å². The number of benzene rings is 1. The normalized spacial score (nSPS) is 11.2. The van der Waals surface area contributed by atoms with E-state index in [-0.39, 0.29) is 5.91 Å². The summed E-state index contributed by atoms with van der Waals surface area (Å²) in [4.78, 5) is 19.5. The molecule has 4 nitrogen and oxygen atoms in total. The Balaban J connectivity index is 2.34. The summed E-state index contributed by atoms with van der Waals surface area (Å²) in [5, 5.41) is 0.804. The number of nitrogens with one attached hydrogen (secondary N) is 1. The van der Waals surface area contributed by atoms with Gasteiger partial charge in [0.2, 0.25) is 5.91 Å². The molecule has 0 aliphatic rings. The maximum absolute atomic E-state index is 11.8. The highest BCUT2D eigenvalue weighted by atomic mass is 32.1. The van der Waals surface area contributed by atoms with Gasteiger partial charge < -0.3 is 4.90 Å². The molecule has 1 amide bonds. The van der Waals surface area contributed by atoms with Gasteiger partial charge in [-0.25, -0.2) is 4.98 Å². The molecule has 1 aromatic heterocycles. The van der Waals surface area contributed by atoms with Crippen molar-refractivity contribution < 1.29 is 9.69 Å². The minimum Gasteiger partial charge on any atom is -0.338 e. The Morgan fingerprint density at radius 3 is 2.74 bits per heavy atom. The minimum atomic E-state index is 0.0537. The predicted molar refractivity (Wildman–Crippen MR) is 80.1 cm³/mol. The van der Waals surface area contributed by atoms with Crippen LogP contribution in [0.15, 0.2) is 18.2 Å². The third-order valence-corrected chi connectivity index (χ3v) is 4.10. The number of aromatic nitrogens is 1. The van der Waals surface area contributed by atoms with Gasteiger partial charge in [-0.1, -0.05) is 23.5 Å². The van der Waals surface area contributed by atoms with E-state index in [4.69, 9.17) is 0 Å². The van der Waals surface area contributed by atoms with E-state index in [9.17, 15) is 4.79 Å². The van der Waals surface area contributed by atoms with Gasteiger partial charge in [0.1, 0.15) is 0 Å². The van der Waals surface area contributed by atoms with Crippen LogP contribution in [0.3, 0.4) is 0 Å². The number of carbonyl (C=O) groups is 1. The summed E-state index contributed by atoms with van der Waals surface area (Å²) in [5.74, 6) is 0.0537. The highest BCUT2D eigenvalue weighted by molar-refractivity contribution is 7.22. The van der Waals surface area contributed by atoms with Crippen LogP contribution in [-0.4, -0.2) is 38.1 Å². The highest BCUT2D eigenvalue weighted by Gasteiger charge is 2.17. The number of likely N-dealkylation sites (N-methyl/N-ethyl adjacent to an activating group) is 1. The Bertz CT molecular complexity index is 591. The first-order chi connectivity index (χ1) is 8.99. The lowest BCUT2D eigenvalue weighted by Crippen LogP contribution is -3.06. The van der Waals surface area contributed by atoms with E-state index in [0.29, 0.717) is 6.54 Å². The highest BCUT2D eigenvalue weighted by Crippen LogP contribution is 2.30. The third-order valence-electron chi connectivity index (χ3n) is 3.06. The summed E-state index contributed by atoms with van der Waals surface area (Å²) < 4.78 is 1.14. The average molecular weight is 278 g/mol. The van der Waals surface area contributed by atoms with E-state index in [1.807, 2.05) is 19.1 Å². The first kappa shape index (κ1) is 14.0. The van der Waals surface area contributed by atoms with Crippen LogP contribution in [-0.2, 0) is 4.79 Å². The summed E-state index contributed by atoms with van der Waals surface area (Å²) in [5.41, 5.74) is 2.16. The van der Waals surface area contributed by atoms with Gasteiger partial charge in [0.25, 0.3) is 0 Å². The SMILES string of the molecule is CC(=O)N(CC[NH+](C)C)c1nc2c(C)cccc2s1. The van der Waals surface area contributed by atoms with Gasteiger partial charge in [-0.15, -0.1) is 0 Å². The van der Waals surface area contributed by atoms with E-state index in [2.05, 4.69) is 25.1 Å². The number of anilines is 1. The van der Waals surface area contributed by atoms with Crippen LogP contribution in [0, 0.1) is 6.92 Å². The molecule has 0 unspecified atom stereocenters.